The summed E-state index contributed by atoms with van der Waals surface area (Å²) in [7, 11) is 0. The lowest BCUT2D eigenvalue weighted by Gasteiger charge is -2.30. The Hall–Kier alpha value is -3.28. The monoisotopic (exact) mass is 473 g/mol. The summed E-state index contributed by atoms with van der Waals surface area (Å²) in [6.45, 7) is 3.46. The Morgan fingerprint density at radius 1 is 1.00 bits per heavy atom. The maximum absolute atomic E-state index is 14.4. The summed E-state index contributed by atoms with van der Waals surface area (Å²) in [5.74, 6) is 0.365. The van der Waals surface area contributed by atoms with Crippen LogP contribution in [0.2, 0.25) is 5.02 Å². The van der Waals surface area contributed by atoms with Crippen LogP contribution in [-0.2, 0) is 19.5 Å². The number of aromatic nitrogens is 2. The van der Waals surface area contributed by atoms with Gasteiger partial charge in [0.25, 0.3) is 5.56 Å². The molecule has 0 radical (unpaired) electrons. The highest BCUT2D eigenvalue weighted by molar-refractivity contribution is 6.30. The smallest absolute Gasteiger partial charge is 0.259 e. The van der Waals surface area contributed by atoms with Crippen LogP contribution in [0.5, 0.6) is 0 Å². The van der Waals surface area contributed by atoms with Gasteiger partial charge < -0.3 is 0 Å². The number of hydrogen-bond donors (Lipinski definition) is 0. The van der Waals surface area contributed by atoms with Crippen LogP contribution < -0.4 is 5.56 Å². The summed E-state index contributed by atoms with van der Waals surface area (Å²) in [4.78, 5) is 20.9. The molecular weight excluding hydrogens is 449 g/mol. The van der Waals surface area contributed by atoms with E-state index in [1.54, 1.807) is 16.7 Å². The van der Waals surface area contributed by atoms with Crippen molar-refractivity contribution in [3.8, 4) is 0 Å². The standard InChI is InChI=1S/C28H25ClFN3O/c1-19-31-26-14-15-32(17-22-12-13-23(29)16-25(22)30)18-24(26)28(34)33(19)27(20-8-4-2-5-9-20)21-10-6-3-7-11-21/h2-13,16,27H,14-15,17-18H2,1H3. The van der Waals surface area contributed by atoms with Crippen molar-refractivity contribution in [1.29, 1.82) is 0 Å². The van der Waals surface area contributed by atoms with Crippen molar-refractivity contribution in [2.24, 2.45) is 0 Å². The Labute approximate surface area is 203 Å². The Kier molecular flexibility index (Phi) is 6.31. The van der Waals surface area contributed by atoms with Crippen LogP contribution in [0, 0.1) is 12.7 Å². The Morgan fingerprint density at radius 2 is 1.65 bits per heavy atom. The molecule has 6 heteroatoms. The van der Waals surface area contributed by atoms with E-state index in [1.807, 2.05) is 67.6 Å². The first-order chi connectivity index (χ1) is 16.5. The molecule has 1 aliphatic heterocycles. The molecule has 0 atom stereocenters. The fraction of sp³-hybridized carbons (Fsp3) is 0.214. The average molecular weight is 474 g/mol. The van der Waals surface area contributed by atoms with Gasteiger partial charge in [-0.3, -0.25) is 14.3 Å². The molecule has 0 bridgehead atoms. The van der Waals surface area contributed by atoms with E-state index in [0.717, 1.165) is 16.8 Å². The van der Waals surface area contributed by atoms with Crippen molar-refractivity contribution < 1.29 is 4.39 Å². The first-order valence-electron chi connectivity index (χ1n) is 11.4. The molecule has 4 nitrogen and oxygen atoms in total. The maximum atomic E-state index is 14.4. The molecule has 0 saturated carbocycles. The van der Waals surface area contributed by atoms with E-state index in [1.165, 1.54) is 6.07 Å². The van der Waals surface area contributed by atoms with Crippen molar-refractivity contribution in [3.63, 3.8) is 0 Å². The van der Waals surface area contributed by atoms with E-state index in [9.17, 15) is 9.18 Å². The zero-order valence-corrected chi connectivity index (χ0v) is 19.7. The van der Waals surface area contributed by atoms with Crippen molar-refractivity contribution in [1.82, 2.24) is 14.5 Å². The molecular formula is C28H25ClFN3O. The second kappa shape index (κ2) is 9.53. The Bertz CT molecular complexity index is 1330. The molecule has 4 aromatic rings. The molecule has 172 valence electrons. The molecule has 0 spiro atoms. The van der Waals surface area contributed by atoms with Gasteiger partial charge >= 0.3 is 0 Å². The van der Waals surface area contributed by atoms with Gasteiger partial charge in [-0.1, -0.05) is 78.3 Å². The minimum absolute atomic E-state index is 0.0403. The van der Waals surface area contributed by atoms with Crippen molar-refractivity contribution in [2.75, 3.05) is 6.54 Å². The zero-order valence-electron chi connectivity index (χ0n) is 18.9. The van der Waals surface area contributed by atoms with Gasteiger partial charge in [0.15, 0.2) is 0 Å². The lowest BCUT2D eigenvalue weighted by Crippen LogP contribution is -2.40. The van der Waals surface area contributed by atoms with Crippen molar-refractivity contribution in [2.45, 2.75) is 32.5 Å². The van der Waals surface area contributed by atoms with Crippen LogP contribution in [0.25, 0.3) is 0 Å². The molecule has 3 aromatic carbocycles. The first kappa shape index (κ1) is 22.5. The van der Waals surface area contributed by atoms with Crippen LogP contribution in [-0.4, -0.2) is 21.0 Å². The molecule has 0 amide bonds. The number of fused-ring (bicyclic) bond motifs is 1. The highest BCUT2D eigenvalue weighted by Gasteiger charge is 2.27. The molecule has 2 heterocycles. The fourth-order valence-corrected chi connectivity index (χ4v) is 4.91. The van der Waals surface area contributed by atoms with Gasteiger partial charge in [-0.05, 0) is 30.2 Å². The molecule has 34 heavy (non-hydrogen) atoms. The summed E-state index contributed by atoms with van der Waals surface area (Å²) >= 11 is 5.90. The maximum Gasteiger partial charge on any atom is 0.259 e. The summed E-state index contributed by atoms with van der Waals surface area (Å²) in [6, 6.07) is 24.5. The summed E-state index contributed by atoms with van der Waals surface area (Å²) in [5, 5.41) is 0.376. The molecule has 1 aromatic heterocycles. The van der Waals surface area contributed by atoms with Crippen molar-refractivity contribution >= 4 is 11.6 Å². The molecule has 0 fully saturated rings. The van der Waals surface area contributed by atoms with E-state index >= 15 is 0 Å². The van der Waals surface area contributed by atoms with Gasteiger partial charge in [0, 0.05) is 36.6 Å². The van der Waals surface area contributed by atoms with Crippen molar-refractivity contribution in [3.05, 3.63) is 134 Å². The largest absolute Gasteiger partial charge is 0.294 e. The lowest BCUT2D eigenvalue weighted by molar-refractivity contribution is 0.237. The number of hydrogen-bond acceptors (Lipinski definition) is 3. The van der Waals surface area contributed by atoms with Gasteiger partial charge in [-0.2, -0.15) is 0 Å². The third-order valence-corrected chi connectivity index (χ3v) is 6.65. The molecule has 0 N–H and O–H groups in total. The quantitative estimate of drug-likeness (QED) is 0.382. The second-order valence-electron chi connectivity index (χ2n) is 8.68. The predicted molar refractivity (Wildman–Crippen MR) is 133 cm³/mol. The highest BCUT2D eigenvalue weighted by atomic mass is 35.5. The van der Waals surface area contributed by atoms with E-state index < -0.39 is 0 Å². The number of aryl methyl sites for hydroxylation is 1. The van der Waals surface area contributed by atoms with Gasteiger partial charge in [0.1, 0.15) is 11.6 Å². The summed E-state index contributed by atoms with van der Waals surface area (Å²) in [5.41, 5.74) is 4.10. The number of benzene rings is 3. The lowest BCUT2D eigenvalue weighted by atomic mass is 9.97. The third-order valence-electron chi connectivity index (χ3n) is 6.42. The fourth-order valence-electron chi connectivity index (χ4n) is 4.76. The minimum atomic E-state index is -0.328. The number of halogens is 2. The molecule has 1 aliphatic rings. The van der Waals surface area contributed by atoms with Gasteiger partial charge in [0.05, 0.1) is 17.3 Å². The molecule has 0 unspecified atom stereocenters. The summed E-state index contributed by atoms with van der Waals surface area (Å²) in [6.07, 6.45) is 0.656. The summed E-state index contributed by atoms with van der Waals surface area (Å²) < 4.78 is 16.2. The molecule has 5 rings (SSSR count). The highest BCUT2D eigenvalue weighted by Crippen LogP contribution is 2.28. The Balaban J connectivity index is 1.55. The minimum Gasteiger partial charge on any atom is -0.294 e. The van der Waals surface area contributed by atoms with Crippen LogP contribution >= 0.6 is 11.6 Å². The SMILES string of the molecule is Cc1nc2c(c(=O)n1C(c1ccccc1)c1ccccc1)CN(Cc1ccc(Cl)cc1F)CC2. The zero-order chi connectivity index (χ0) is 23.7. The van der Waals surface area contributed by atoms with Crippen LogP contribution in [0.15, 0.2) is 83.7 Å². The third kappa shape index (κ3) is 4.41. The van der Waals surface area contributed by atoms with E-state index in [-0.39, 0.29) is 17.4 Å². The predicted octanol–water partition coefficient (Wildman–Crippen LogP) is 5.54. The number of nitrogens with zero attached hydrogens (tertiary/aromatic N) is 3. The molecule has 0 saturated heterocycles. The van der Waals surface area contributed by atoms with Crippen LogP contribution in [0.3, 0.4) is 0 Å². The van der Waals surface area contributed by atoms with E-state index in [4.69, 9.17) is 16.6 Å². The van der Waals surface area contributed by atoms with Crippen LogP contribution in [0.1, 0.15) is 39.8 Å². The number of rotatable bonds is 5. The van der Waals surface area contributed by atoms with E-state index in [2.05, 4.69) is 4.90 Å². The van der Waals surface area contributed by atoms with Gasteiger partial charge in [-0.15, -0.1) is 0 Å². The average Bonchev–Trinajstić information content (AvgIpc) is 2.85. The van der Waals surface area contributed by atoms with Gasteiger partial charge in [-0.25, -0.2) is 9.37 Å². The van der Waals surface area contributed by atoms with Gasteiger partial charge in [0.2, 0.25) is 0 Å². The first-order valence-corrected chi connectivity index (χ1v) is 11.8. The van der Waals surface area contributed by atoms with E-state index in [0.29, 0.717) is 48.0 Å². The topological polar surface area (TPSA) is 38.1 Å². The van der Waals surface area contributed by atoms with Crippen LogP contribution in [0.4, 0.5) is 4.39 Å². The second-order valence-corrected chi connectivity index (χ2v) is 9.12. The normalized spacial score (nSPS) is 13.8. The molecule has 0 aliphatic carbocycles. The Morgan fingerprint density at radius 3 is 2.26 bits per heavy atom.